The van der Waals surface area contributed by atoms with Gasteiger partial charge in [0.2, 0.25) is 15.9 Å². The zero-order chi connectivity index (χ0) is 13.6. The van der Waals surface area contributed by atoms with E-state index in [2.05, 4.69) is 10.0 Å². The predicted octanol–water partition coefficient (Wildman–Crippen LogP) is -0.327. The van der Waals surface area contributed by atoms with Crippen LogP contribution >= 0.6 is 0 Å². The minimum Gasteiger partial charge on any atom is -0.366 e. The number of nitrogens with two attached hydrogens (primary N) is 1. The Kier molecular flexibility index (Phi) is 5.26. The van der Waals surface area contributed by atoms with Gasteiger partial charge in [-0.25, -0.2) is 13.1 Å². The maximum Gasteiger partial charge on any atom is 0.248 e. The van der Waals surface area contributed by atoms with Crippen molar-refractivity contribution in [2.75, 3.05) is 20.1 Å². The topological polar surface area (TPSA) is 101 Å². The van der Waals surface area contributed by atoms with Crippen molar-refractivity contribution in [3.63, 3.8) is 0 Å². The average Bonchev–Trinajstić information content (AvgIpc) is 2.35. The van der Waals surface area contributed by atoms with Crippen molar-refractivity contribution >= 4 is 15.9 Å². The van der Waals surface area contributed by atoms with Crippen molar-refractivity contribution in [2.24, 2.45) is 5.73 Å². The van der Waals surface area contributed by atoms with E-state index in [4.69, 9.17) is 5.73 Å². The first-order chi connectivity index (χ1) is 8.47. The average molecular weight is 271 g/mol. The van der Waals surface area contributed by atoms with E-state index in [1.807, 2.05) is 0 Å². The van der Waals surface area contributed by atoms with Crippen molar-refractivity contribution < 1.29 is 13.2 Å². The molecule has 0 saturated heterocycles. The number of carbonyl (C=O) groups excluding carboxylic acids is 1. The Morgan fingerprint density at radius 1 is 1.33 bits per heavy atom. The van der Waals surface area contributed by atoms with Gasteiger partial charge in [-0.15, -0.1) is 0 Å². The van der Waals surface area contributed by atoms with Gasteiger partial charge in [0, 0.05) is 12.1 Å². The summed E-state index contributed by atoms with van der Waals surface area (Å²) >= 11 is 0. The number of hydrogen-bond donors (Lipinski definition) is 3. The Morgan fingerprint density at radius 2 is 2.06 bits per heavy atom. The van der Waals surface area contributed by atoms with Gasteiger partial charge in [-0.2, -0.15) is 0 Å². The SMILES string of the molecule is CNCCCNS(=O)(=O)c1cccc(C(N)=O)c1. The Morgan fingerprint density at radius 3 is 2.67 bits per heavy atom. The van der Waals surface area contributed by atoms with Crippen LogP contribution in [-0.2, 0) is 10.0 Å². The molecule has 0 bridgehead atoms. The van der Waals surface area contributed by atoms with Crippen molar-refractivity contribution in [1.82, 2.24) is 10.0 Å². The number of amides is 1. The largest absolute Gasteiger partial charge is 0.366 e. The maximum absolute atomic E-state index is 11.9. The molecule has 0 radical (unpaired) electrons. The minimum atomic E-state index is -3.58. The molecule has 0 heterocycles. The number of nitrogens with one attached hydrogen (secondary N) is 2. The summed E-state index contributed by atoms with van der Waals surface area (Å²) in [6.45, 7) is 1.06. The second kappa shape index (κ2) is 6.48. The van der Waals surface area contributed by atoms with Crippen LogP contribution < -0.4 is 15.8 Å². The van der Waals surface area contributed by atoms with Crippen LogP contribution in [0.2, 0.25) is 0 Å². The molecule has 1 amide bonds. The molecule has 1 aromatic rings. The highest BCUT2D eigenvalue weighted by molar-refractivity contribution is 7.89. The van der Waals surface area contributed by atoms with Gasteiger partial charge in [-0.3, -0.25) is 4.79 Å². The number of primary amides is 1. The molecular formula is C11H17N3O3S. The normalized spacial score (nSPS) is 11.4. The smallest absolute Gasteiger partial charge is 0.248 e. The number of carbonyl (C=O) groups is 1. The van der Waals surface area contributed by atoms with E-state index in [0.29, 0.717) is 13.0 Å². The molecule has 0 aliphatic rings. The molecule has 0 aromatic heterocycles. The first kappa shape index (κ1) is 14.6. The lowest BCUT2D eigenvalue weighted by molar-refractivity contribution is 0.1000. The molecule has 7 heteroatoms. The highest BCUT2D eigenvalue weighted by atomic mass is 32.2. The fourth-order valence-corrected chi connectivity index (χ4v) is 2.49. The van der Waals surface area contributed by atoms with Crippen LogP contribution in [0.15, 0.2) is 29.2 Å². The van der Waals surface area contributed by atoms with Crippen LogP contribution in [0.25, 0.3) is 0 Å². The summed E-state index contributed by atoms with van der Waals surface area (Å²) < 4.78 is 26.2. The van der Waals surface area contributed by atoms with E-state index in [0.717, 1.165) is 6.54 Å². The highest BCUT2D eigenvalue weighted by Gasteiger charge is 2.14. The standard InChI is InChI=1S/C11H17N3O3S/c1-13-6-3-7-14-18(16,17)10-5-2-4-9(8-10)11(12)15/h2,4-5,8,13-14H,3,6-7H2,1H3,(H2,12,15). The zero-order valence-corrected chi connectivity index (χ0v) is 11.0. The molecule has 0 unspecified atom stereocenters. The van der Waals surface area contributed by atoms with Gasteiger partial charge in [0.1, 0.15) is 0 Å². The van der Waals surface area contributed by atoms with Crippen molar-refractivity contribution in [2.45, 2.75) is 11.3 Å². The van der Waals surface area contributed by atoms with E-state index < -0.39 is 15.9 Å². The van der Waals surface area contributed by atoms with Gasteiger partial charge < -0.3 is 11.1 Å². The van der Waals surface area contributed by atoms with Crippen LogP contribution in [0.5, 0.6) is 0 Å². The van der Waals surface area contributed by atoms with E-state index in [-0.39, 0.29) is 10.5 Å². The molecule has 0 fully saturated rings. The lowest BCUT2D eigenvalue weighted by Gasteiger charge is -2.07. The summed E-state index contributed by atoms with van der Waals surface area (Å²) in [4.78, 5) is 11.0. The molecule has 4 N–H and O–H groups in total. The van der Waals surface area contributed by atoms with Gasteiger partial charge in [0.05, 0.1) is 4.90 Å². The number of benzene rings is 1. The molecule has 6 nitrogen and oxygen atoms in total. The third-order valence-corrected chi connectivity index (χ3v) is 3.78. The molecule has 18 heavy (non-hydrogen) atoms. The van der Waals surface area contributed by atoms with Crippen LogP contribution in [0.4, 0.5) is 0 Å². The first-order valence-corrected chi connectivity index (χ1v) is 7.00. The van der Waals surface area contributed by atoms with E-state index in [9.17, 15) is 13.2 Å². The van der Waals surface area contributed by atoms with Crippen molar-refractivity contribution in [3.8, 4) is 0 Å². The summed E-state index contributed by atoms with van der Waals surface area (Å²) in [6.07, 6.45) is 0.686. The molecular weight excluding hydrogens is 254 g/mol. The van der Waals surface area contributed by atoms with Gasteiger partial charge in [-0.1, -0.05) is 6.07 Å². The third kappa shape index (κ3) is 4.10. The summed E-state index contributed by atoms with van der Waals surface area (Å²) in [5.41, 5.74) is 5.28. The Hall–Kier alpha value is -1.44. The number of rotatable bonds is 7. The molecule has 1 rings (SSSR count). The summed E-state index contributed by atoms with van der Waals surface area (Å²) in [7, 11) is -1.79. The van der Waals surface area contributed by atoms with Crippen molar-refractivity contribution in [1.29, 1.82) is 0 Å². The lowest BCUT2D eigenvalue weighted by atomic mass is 10.2. The predicted molar refractivity (Wildman–Crippen MR) is 68.7 cm³/mol. The molecule has 100 valence electrons. The zero-order valence-electron chi connectivity index (χ0n) is 10.1. The van der Waals surface area contributed by atoms with Gasteiger partial charge in [0.15, 0.2) is 0 Å². The number of hydrogen-bond acceptors (Lipinski definition) is 4. The Bertz CT molecular complexity index is 514. The summed E-state index contributed by atoms with van der Waals surface area (Å²) in [5, 5.41) is 2.92. The fraction of sp³-hybridized carbons (Fsp3) is 0.364. The fourth-order valence-electron chi connectivity index (χ4n) is 1.37. The first-order valence-electron chi connectivity index (χ1n) is 5.51. The second-order valence-electron chi connectivity index (χ2n) is 3.75. The van der Waals surface area contributed by atoms with Gasteiger partial charge in [-0.05, 0) is 38.2 Å². The van der Waals surface area contributed by atoms with Crippen LogP contribution in [0, 0.1) is 0 Å². The van der Waals surface area contributed by atoms with Crippen LogP contribution in [0.3, 0.4) is 0 Å². The quantitative estimate of drug-likeness (QED) is 0.591. The Labute approximate surface area is 107 Å². The molecule has 0 aliphatic carbocycles. The Balaban J connectivity index is 2.78. The molecule has 0 aliphatic heterocycles. The molecule has 0 atom stereocenters. The van der Waals surface area contributed by atoms with Crippen LogP contribution in [-0.4, -0.2) is 34.5 Å². The molecule has 0 spiro atoms. The third-order valence-electron chi connectivity index (χ3n) is 2.32. The van der Waals surface area contributed by atoms with Gasteiger partial charge in [0.25, 0.3) is 0 Å². The van der Waals surface area contributed by atoms with E-state index >= 15 is 0 Å². The molecule has 0 saturated carbocycles. The van der Waals surface area contributed by atoms with E-state index in [1.54, 1.807) is 7.05 Å². The second-order valence-corrected chi connectivity index (χ2v) is 5.51. The monoisotopic (exact) mass is 271 g/mol. The minimum absolute atomic E-state index is 0.0447. The highest BCUT2D eigenvalue weighted by Crippen LogP contribution is 2.10. The maximum atomic E-state index is 11.9. The summed E-state index contributed by atoms with van der Waals surface area (Å²) in [6, 6.07) is 5.65. The van der Waals surface area contributed by atoms with Crippen molar-refractivity contribution in [3.05, 3.63) is 29.8 Å². The van der Waals surface area contributed by atoms with Gasteiger partial charge >= 0.3 is 0 Å². The lowest BCUT2D eigenvalue weighted by Crippen LogP contribution is -2.27. The number of sulfonamides is 1. The van der Waals surface area contributed by atoms with E-state index in [1.165, 1.54) is 24.3 Å². The van der Waals surface area contributed by atoms with Crippen LogP contribution in [0.1, 0.15) is 16.8 Å². The molecule has 1 aromatic carbocycles. The summed E-state index contributed by atoms with van der Waals surface area (Å²) in [5.74, 6) is -0.651.